The summed E-state index contributed by atoms with van der Waals surface area (Å²) in [4.78, 5) is 19.8. The summed E-state index contributed by atoms with van der Waals surface area (Å²) in [5.41, 5.74) is 3.81. The fraction of sp³-hybridized carbons (Fsp3) is 0.250. The fourth-order valence-electron chi connectivity index (χ4n) is 3.72. The molecule has 0 saturated carbocycles. The van der Waals surface area contributed by atoms with Gasteiger partial charge in [-0.2, -0.15) is 5.10 Å². The highest BCUT2D eigenvalue weighted by Gasteiger charge is 2.21. The minimum Gasteiger partial charge on any atom is -0.444 e. The van der Waals surface area contributed by atoms with Crippen LogP contribution >= 0.6 is 0 Å². The number of hydrogen-bond acceptors (Lipinski definition) is 5. The van der Waals surface area contributed by atoms with E-state index in [-0.39, 0.29) is 5.56 Å². The van der Waals surface area contributed by atoms with Gasteiger partial charge in [-0.3, -0.25) is 4.79 Å². The SMILES string of the molecule is O=c1cc(C2CCNCC2)n2ncc(-c3coc(-c4ccccc4)n3)c2[nH]1. The van der Waals surface area contributed by atoms with Gasteiger partial charge in [-0.25, -0.2) is 9.50 Å². The van der Waals surface area contributed by atoms with Crippen LogP contribution in [0, 0.1) is 0 Å². The lowest BCUT2D eigenvalue weighted by Gasteiger charge is -2.23. The summed E-state index contributed by atoms with van der Waals surface area (Å²) < 4.78 is 7.49. The Bertz CT molecular complexity index is 1140. The molecule has 0 atom stereocenters. The number of fused-ring (bicyclic) bond motifs is 1. The van der Waals surface area contributed by atoms with E-state index in [1.165, 1.54) is 0 Å². The third-order valence-electron chi connectivity index (χ3n) is 5.09. The predicted octanol–water partition coefficient (Wildman–Crippen LogP) is 2.81. The van der Waals surface area contributed by atoms with Gasteiger partial charge in [-0.15, -0.1) is 0 Å². The van der Waals surface area contributed by atoms with Gasteiger partial charge in [0.05, 0.1) is 17.5 Å². The Morgan fingerprint density at radius 1 is 1.15 bits per heavy atom. The zero-order chi connectivity index (χ0) is 18.2. The van der Waals surface area contributed by atoms with Crippen molar-refractivity contribution in [3.8, 4) is 22.7 Å². The number of aromatic nitrogens is 4. The van der Waals surface area contributed by atoms with Crippen LogP contribution in [0.2, 0.25) is 0 Å². The number of nitrogens with zero attached hydrogens (tertiary/aromatic N) is 3. The first-order chi connectivity index (χ1) is 13.3. The number of H-pyrrole nitrogens is 1. The molecule has 7 nitrogen and oxygen atoms in total. The lowest BCUT2D eigenvalue weighted by atomic mass is 9.94. The molecule has 0 bridgehead atoms. The highest BCUT2D eigenvalue weighted by atomic mass is 16.3. The molecule has 0 amide bonds. The highest BCUT2D eigenvalue weighted by Crippen LogP contribution is 2.29. The highest BCUT2D eigenvalue weighted by molar-refractivity contribution is 5.75. The van der Waals surface area contributed by atoms with Crippen LogP contribution in [0.1, 0.15) is 24.5 Å². The number of benzene rings is 1. The van der Waals surface area contributed by atoms with Gasteiger partial charge in [0.2, 0.25) is 5.89 Å². The smallest absolute Gasteiger partial charge is 0.251 e. The molecule has 1 fully saturated rings. The van der Waals surface area contributed by atoms with Crippen molar-refractivity contribution < 1.29 is 4.42 Å². The molecule has 0 radical (unpaired) electrons. The molecule has 1 aliphatic rings. The summed E-state index contributed by atoms with van der Waals surface area (Å²) in [6, 6.07) is 11.4. The van der Waals surface area contributed by atoms with E-state index in [1.807, 2.05) is 34.8 Å². The van der Waals surface area contributed by atoms with E-state index < -0.39 is 0 Å². The van der Waals surface area contributed by atoms with Crippen molar-refractivity contribution in [1.82, 2.24) is 24.9 Å². The van der Waals surface area contributed by atoms with Crippen LogP contribution in [0.15, 0.2) is 58.1 Å². The maximum Gasteiger partial charge on any atom is 0.251 e. The Hall–Kier alpha value is -3.19. The van der Waals surface area contributed by atoms with Gasteiger partial charge in [-0.05, 0) is 38.1 Å². The number of hydrogen-bond donors (Lipinski definition) is 2. The quantitative estimate of drug-likeness (QED) is 0.586. The predicted molar refractivity (Wildman–Crippen MR) is 102 cm³/mol. The first-order valence-corrected chi connectivity index (χ1v) is 9.12. The lowest BCUT2D eigenvalue weighted by Crippen LogP contribution is -2.28. The zero-order valence-electron chi connectivity index (χ0n) is 14.7. The van der Waals surface area contributed by atoms with Gasteiger partial charge in [0.25, 0.3) is 5.56 Å². The van der Waals surface area contributed by atoms with Crippen molar-refractivity contribution in [3.63, 3.8) is 0 Å². The third-order valence-corrected chi connectivity index (χ3v) is 5.09. The topological polar surface area (TPSA) is 88.2 Å². The molecular weight excluding hydrogens is 342 g/mol. The molecule has 0 aliphatic carbocycles. The van der Waals surface area contributed by atoms with Crippen molar-refractivity contribution in [2.45, 2.75) is 18.8 Å². The van der Waals surface area contributed by atoms with Gasteiger partial charge in [0, 0.05) is 17.5 Å². The van der Waals surface area contributed by atoms with Crippen LogP contribution in [-0.4, -0.2) is 32.7 Å². The second-order valence-electron chi connectivity index (χ2n) is 6.81. The van der Waals surface area contributed by atoms with Gasteiger partial charge in [-0.1, -0.05) is 18.2 Å². The lowest BCUT2D eigenvalue weighted by molar-refractivity contribution is 0.446. The van der Waals surface area contributed by atoms with Gasteiger partial charge < -0.3 is 14.7 Å². The van der Waals surface area contributed by atoms with Gasteiger partial charge in [0.15, 0.2) is 0 Å². The molecule has 136 valence electrons. The third kappa shape index (κ3) is 2.86. The number of piperidine rings is 1. The first-order valence-electron chi connectivity index (χ1n) is 9.12. The van der Waals surface area contributed by atoms with E-state index in [1.54, 1.807) is 18.5 Å². The molecule has 0 spiro atoms. The second kappa shape index (κ2) is 6.51. The zero-order valence-corrected chi connectivity index (χ0v) is 14.7. The van der Waals surface area contributed by atoms with E-state index in [0.29, 0.717) is 23.1 Å². The van der Waals surface area contributed by atoms with E-state index in [9.17, 15) is 4.79 Å². The molecule has 0 unspecified atom stereocenters. The largest absolute Gasteiger partial charge is 0.444 e. The van der Waals surface area contributed by atoms with Crippen LogP contribution in [0.5, 0.6) is 0 Å². The summed E-state index contributed by atoms with van der Waals surface area (Å²) in [6.07, 6.45) is 5.34. The van der Waals surface area contributed by atoms with Gasteiger partial charge in [0.1, 0.15) is 17.6 Å². The summed E-state index contributed by atoms with van der Waals surface area (Å²) in [7, 11) is 0. The van der Waals surface area contributed by atoms with E-state index >= 15 is 0 Å². The fourth-order valence-corrected chi connectivity index (χ4v) is 3.72. The van der Waals surface area contributed by atoms with Crippen LogP contribution < -0.4 is 10.9 Å². The monoisotopic (exact) mass is 361 g/mol. The Morgan fingerprint density at radius 2 is 1.96 bits per heavy atom. The normalized spacial score (nSPS) is 15.4. The number of oxazole rings is 1. The van der Waals surface area contributed by atoms with Crippen LogP contribution in [0.3, 0.4) is 0 Å². The van der Waals surface area contributed by atoms with Crippen LogP contribution in [0.25, 0.3) is 28.4 Å². The molecule has 27 heavy (non-hydrogen) atoms. The van der Waals surface area contributed by atoms with Gasteiger partial charge >= 0.3 is 0 Å². The summed E-state index contributed by atoms with van der Waals surface area (Å²) in [5, 5.41) is 7.90. The van der Waals surface area contributed by atoms with Crippen molar-refractivity contribution in [2.24, 2.45) is 0 Å². The molecule has 7 heteroatoms. The molecule has 4 aromatic rings. The molecule has 1 saturated heterocycles. The van der Waals surface area contributed by atoms with Crippen molar-refractivity contribution >= 4 is 5.65 Å². The maximum atomic E-state index is 12.3. The van der Waals surface area contributed by atoms with E-state index in [0.717, 1.165) is 42.8 Å². The second-order valence-corrected chi connectivity index (χ2v) is 6.81. The molecule has 1 aromatic carbocycles. The minimum atomic E-state index is -0.121. The summed E-state index contributed by atoms with van der Waals surface area (Å²) in [6.45, 7) is 1.91. The molecule has 2 N–H and O–H groups in total. The number of nitrogens with one attached hydrogen (secondary N) is 2. The molecule has 3 aromatic heterocycles. The Labute approximate surface area is 155 Å². The minimum absolute atomic E-state index is 0.121. The molecular formula is C20H19N5O2. The molecule has 4 heterocycles. The van der Waals surface area contributed by atoms with Crippen molar-refractivity contribution in [1.29, 1.82) is 0 Å². The Kier molecular flexibility index (Phi) is 3.86. The van der Waals surface area contributed by atoms with Crippen LogP contribution in [-0.2, 0) is 0 Å². The maximum absolute atomic E-state index is 12.3. The molecule has 5 rings (SSSR count). The van der Waals surface area contributed by atoms with Crippen molar-refractivity contribution in [3.05, 3.63) is 64.9 Å². The Balaban J connectivity index is 1.60. The average Bonchev–Trinajstić information content (AvgIpc) is 3.35. The summed E-state index contributed by atoms with van der Waals surface area (Å²) in [5.74, 6) is 0.864. The average molecular weight is 361 g/mol. The van der Waals surface area contributed by atoms with Crippen LogP contribution in [0.4, 0.5) is 0 Å². The van der Waals surface area contributed by atoms with Crippen molar-refractivity contribution in [2.75, 3.05) is 13.1 Å². The number of aromatic amines is 1. The molecule has 1 aliphatic heterocycles. The standard InChI is InChI=1S/C20H19N5O2/c26-18-10-17(13-6-8-21-9-7-13)25-19(24-18)15(11-22-25)16-12-27-20(23-16)14-4-2-1-3-5-14/h1-5,10-13,21H,6-9H2,(H,24,26). The van der Waals surface area contributed by atoms with E-state index in [4.69, 9.17) is 4.42 Å². The first kappa shape index (κ1) is 16.0. The Morgan fingerprint density at radius 3 is 2.78 bits per heavy atom. The summed E-state index contributed by atoms with van der Waals surface area (Å²) >= 11 is 0. The van der Waals surface area contributed by atoms with E-state index in [2.05, 4.69) is 20.4 Å². The number of rotatable bonds is 3.